The molecule has 0 amide bonds. The zero-order valence-corrected chi connectivity index (χ0v) is 13.7. The Morgan fingerprint density at radius 3 is 2.43 bits per heavy atom. The van der Waals surface area contributed by atoms with Gasteiger partial charge in [0, 0.05) is 0 Å². The van der Waals surface area contributed by atoms with E-state index in [4.69, 9.17) is 23.2 Å². The lowest BCUT2D eigenvalue weighted by Gasteiger charge is -2.26. The van der Waals surface area contributed by atoms with Crippen molar-refractivity contribution in [3.8, 4) is 6.07 Å². The maximum absolute atomic E-state index is 12.3. The zero-order valence-electron chi connectivity index (χ0n) is 11.4. The second-order valence-corrected chi connectivity index (χ2v) is 7.73. The van der Waals surface area contributed by atoms with Gasteiger partial charge < -0.3 is 0 Å². The molecule has 0 heterocycles. The van der Waals surface area contributed by atoms with Crippen LogP contribution in [-0.2, 0) is 10.0 Å². The Hall–Kier alpha value is -0.800. The average molecular weight is 347 g/mol. The third-order valence-electron chi connectivity index (χ3n) is 3.74. The van der Waals surface area contributed by atoms with Crippen LogP contribution in [0.5, 0.6) is 0 Å². The van der Waals surface area contributed by atoms with Gasteiger partial charge in [-0.3, -0.25) is 0 Å². The predicted molar refractivity (Wildman–Crippen MR) is 82.8 cm³/mol. The molecular formula is C14H16Cl2N2O2S. The monoisotopic (exact) mass is 346 g/mol. The fraction of sp³-hybridized carbons (Fsp3) is 0.500. The molecule has 4 nitrogen and oxygen atoms in total. The van der Waals surface area contributed by atoms with Gasteiger partial charge in [-0.1, -0.05) is 42.5 Å². The van der Waals surface area contributed by atoms with Crippen molar-refractivity contribution < 1.29 is 8.42 Å². The molecule has 2 rings (SSSR count). The topological polar surface area (TPSA) is 70.0 Å². The molecule has 0 aliphatic heterocycles. The lowest BCUT2D eigenvalue weighted by molar-refractivity contribution is 0.324. The van der Waals surface area contributed by atoms with E-state index in [0.29, 0.717) is 5.02 Å². The first-order chi connectivity index (χ1) is 9.94. The van der Waals surface area contributed by atoms with Gasteiger partial charge in [-0.25, -0.2) is 8.42 Å². The predicted octanol–water partition coefficient (Wildman–Crippen LogP) is 3.74. The fourth-order valence-electron chi connectivity index (χ4n) is 2.57. The van der Waals surface area contributed by atoms with Crippen LogP contribution in [0.3, 0.4) is 0 Å². The van der Waals surface area contributed by atoms with Gasteiger partial charge in [-0.2, -0.15) is 9.98 Å². The van der Waals surface area contributed by atoms with Crippen molar-refractivity contribution in [1.29, 1.82) is 5.26 Å². The first-order valence-corrected chi connectivity index (χ1v) is 9.05. The number of nitriles is 1. The molecule has 0 saturated heterocycles. The molecule has 7 heteroatoms. The Balaban J connectivity index is 2.18. The van der Waals surface area contributed by atoms with Gasteiger partial charge in [-0.05, 0) is 37.0 Å². The molecule has 0 bridgehead atoms. The Morgan fingerprint density at radius 2 is 1.86 bits per heavy atom. The summed E-state index contributed by atoms with van der Waals surface area (Å²) in [5, 5.41) is 9.73. The quantitative estimate of drug-likeness (QED) is 0.902. The Kier molecular flexibility index (Phi) is 5.50. The summed E-state index contributed by atoms with van der Waals surface area (Å²) in [5.41, 5.74) is 0. The molecule has 114 valence electrons. The van der Waals surface area contributed by atoms with E-state index in [1.165, 1.54) is 18.2 Å². The Labute approximate surface area is 135 Å². The summed E-state index contributed by atoms with van der Waals surface area (Å²) >= 11 is 11.6. The van der Waals surface area contributed by atoms with Gasteiger partial charge in [0.1, 0.15) is 6.04 Å². The van der Waals surface area contributed by atoms with Crippen molar-refractivity contribution >= 4 is 33.2 Å². The molecule has 0 spiro atoms. The minimum absolute atomic E-state index is 0.0213. The zero-order chi connectivity index (χ0) is 15.5. The van der Waals surface area contributed by atoms with Crippen molar-refractivity contribution in [2.45, 2.75) is 43.0 Å². The minimum atomic E-state index is -3.78. The third-order valence-corrected chi connectivity index (χ3v) is 5.92. The fourth-order valence-corrected chi connectivity index (χ4v) is 4.17. The van der Waals surface area contributed by atoms with E-state index in [0.717, 1.165) is 32.1 Å². The second-order valence-electron chi connectivity index (χ2n) is 5.20. The standard InChI is InChI=1S/C14H16Cl2N2O2S/c15-12-7-6-11(8-13(12)16)21(19,20)18-14(9-17)10-4-2-1-3-5-10/h6-8,10,14,18H,1-5H2. The first-order valence-electron chi connectivity index (χ1n) is 6.81. The van der Waals surface area contributed by atoms with E-state index < -0.39 is 16.1 Å². The molecule has 21 heavy (non-hydrogen) atoms. The number of rotatable bonds is 4. The SMILES string of the molecule is N#CC(NS(=O)(=O)c1ccc(Cl)c(Cl)c1)C1CCCCC1. The molecule has 1 fully saturated rings. The van der Waals surface area contributed by atoms with Gasteiger partial charge in [0.25, 0.3) is 0 Å². The second kappa shape index (κ2) is 6.97. The number of nitrogens with zero attached hydrogens (tertiary/aromatic N) is 1. The maximum atomic E-state index is 12.3. The van der Waals surface area contributed by atoms with Crippen LogP contribution in [0.1, 0.15) is 32.1 Å². The smallest absolute Gasteiger partial charge is 0.207 e. The minimum Gasteiger partial charge on any atom is -0.207 e. The number of hydrogen-bond donors (Lipinski definition) is 1. The molecule has 1 N–H and O–H groups in total. The van der Waals surface area contributed by atoms with Gasteiger partial charge in [0.15, 0.2) is 0 Å². The summed E-state index contributed by atoms with van der Waals surface area (Å²) in [7, 11) is -3.78. The van der Waals surface area contributed by atoms with Gasteiger partial charge in [0.05, 0.1) is 21.0 Å². The van der Waals surface area contributed by atoms with Crippen molar-refractivity contribution in [2.75, 3.05) is 0 Å². The van der Waals surface area contributed by atoms with E-state index in [1.54, 1.807) is 0 Å². The van der Waals surface area contributed by atoms with Crippen LogP contribution in [0.25, 0.3) is 0 Å². The van der Waals surface area contributed by atoms with Gasteiger partial charge in [-0.15, -0.1) is 0 Å². The van der Waals surface area contributed by atoms with Crippen molar-refractivity contribution in [3.05, 3.63) is 28.2 Å². The molecule has 1 aromatic carbocycles. The normalized spacial score (nSPS) is 18.1. The molecular weight excluding hydrogens is 331 g/mol. The van der Waals surface area contributed by atoms with Crippen molar-refractivity contribution in [1.82, 2.24) is 4.72 Å². The molecule has 0 radical (unpaired) electrons. The van der Waals surface area contributed by atoms with Crippen LogP contribution in [0, 0.1) is 17.2 Å². The number of sulfonamides is 1. The van der Waals surface area contributed by atoms with E-state index in [9.17, 15) is 13.7 Å². The van der Waals surface area contributed by atoms with E-state index in [-0.39, 0.29) is 15.8 Å². The molecule has 1 atom stereocenters. The summed E-state index contributed by atoms with van der Waals surface area (Å²) in [4.78, 5) is 0.0213. The molecule has 1 saturated carbocycles. The van der Waals surface area contributed by atoms with Crippen molar-refractivity contribution in [2.24, 2.45) is 5.92 Å². The van der Waals surface area contributed by atoms with E-state index >= 15 is 0 Å². The number of benzene rings is 1. The average Bonchev–Trinajstić information content (AvgIpc) is 2.48. The van der Waals surface area contributed by atoms with Crippen molar-refractivity contribution in [3.63, 3.8) is 0 Å². The largest absolute Gasteiger partial charge is 0.241 e. The van der Waals surface area contributed by atoms with Gasteiger partial charge in [0.2, 0.25) is 10.0 Å². The van der Waals surface area contributed by atoms with Crippen LogP contribution < -0.4 is 4.72 Å². The third kappa shape index (κ3) is 4.10. The summed E-state index contributed by atoms with van der Waals surface area (Å²) in [6, 6.07) is 5.48. The molecule has 1 aromatic rings. The highest BCUT2D eigenvalue weighted by atomic mass is 35.5. The van der Waals surface area contributed by atoms with Crippen LogP contribution >= 0.6 is 23.2 Å². The number of hydrogen-bond acceptors (Lipinski definition) is 3. The maximum Gasteiger partial charge on any atom is 0.241 e. The molecule has 1 unspecified atom stereocenters. The van der Waals surface area contributed by atoms with Crippen LogP contribution in [0.4, 0.5) is 0 Å². The Bertz CT molecular complexity index is 649. The lowest BCUT2D eigenvalue weighted by Crippen LogP contribution is -2.40. The Morgan fingerprint density at radius 1 is 1.19 bits per heavy atom. The number of halogens is 2. The first kappa shape index (κ1) is 16.6. The molecule has 1 aliphatic rings. The highest BCUT2D eigenvalue weighted by Gasteiger charge is 2.28. The summed E-state index contributed by atoms with van der Waals surface area (Å²) in [6.45, 7) is 0. The highest BCUT2D eigenvalue weighted by Crippen LogP contribution is 2.28. The summed E-state index contributed by atoms with van der Waals surface area (Å²) in [5.74, 6) is 0.0706. The van der Waals surface area contributed by atoms with E-state index in [2.05, 4.69) is 10.8 Å². The van der Waals surface area contributed by atoms with E-state index in [1.807, 2.05) is 0 Å². The van der Waals surface area contributed by atoms with Crippen LogP contribution in [-0.4, -0.2) is 14.5 Å². The summed E-state index contributed by atoms with van der Waals surface area (Å²) < 4.78 is 27.2. The van der Waals surface area contributed by atoms with Gasteiger partial charge >= 0.3 is 0 Å². The van der Waals surface area contributed by atoms with Crippen LogP contribution in [0.15, 0.2) is 23.1 Å². The number of nitrogens with one attached hydrogen (secondary N) is 1. The highest BCUT2D eigenvalue weighted by molar-refractivity contribution is 7.89. The molecule has 1 aliphatic carbocycles. The summed E-state index contributed by atoms with van der Waals surface area (Å²) in [6.07, 6.45) is 4.98. The van der Waals surface area contributed by atoms with Crippen LogP contribution in [0.2, 0.25) is 10.0 Å². The molecule has 0 aromatic heterocycles. The lowest BCUT2D eigenvalue weighted by atomic mass is 9.85.